The summed E-state index contributed by atoms with van der Waals surface area (Å²) in [7, 11) is 0. The van der Waals surface area contributed by atoms with Crippen molar-refractivity contribution in [3.63, 3.8) is 0 Å². The van der Waals surface area contributed by atoms with E-state index in [1.807, 2.05) is 22.9 Å². The van der Waals surface area contributed by atoms with Crippen molar-refractivity contribution in [1.82, 2.24) is 25.2 Å². The Hall–Kier alpha value is -1.66. The number of pyridine rings is 1. The molecular weight excluding hydrogens is 342 g/mol. The largest absolute Gasteiger partial charge is 0.236 e. The van der Waals surface area contributed by atoms with Gasteiger partial charge in [-0.1, -0.05) is 60.8 Å². The first-order valence-electron chi connectivity index (χ1n) is 8.26. The summed E-state index contributed by atoms with van der Waals surface area (Å²) >= 11 is 7.97. The highest BCUT2D eigenvalue weighted by atomic mass is 35.5. The Morgan fingerprint density at radius 3 is 2.88 bits per heavy atom. The van der Waals surface area contributed by atoms with Gasteiger partial charge in [0.1, 0.15) is 5.15 Å². The van der Waals surface area contributed by atoms with Crippen LogP contribution in [0.1, 0.15) is 43.7 Å². The van der Waals surface area contributed by atoms with Crippen LogP contribution in [0.25, 0.3) is 10.9 Å². The second-order valence-corrected chi connectivity index (χ2v) is 7.42. The predicted octanol–water partition coefficient (Wildman–Crippen LogP) is 4.67. The zero-order valence-electron chi connectivity index (χ0n) is 13.2. The van der Waals surface area contributed by atoms with Gasteiger partial charge in [-0.2, -0.15) is 0 Å². The number of hydrogen-bond acceptors (Lipinski definition) is 5. The van der Waals surface area contributed by atoms with Crippen molar-refractivity contribution in [1.29, 1.82) is 0 Å². The van der Waals surface area contributed by atoms with E-state index < -0.39 is 0 Å². The summed E-state index contributed by atoms with van der Waals surface area (Å²) in [6.45, 7) is 0. The molecule has 124 valence electrons. The van der Waals surface area contributed by atoms with Gasteiger partial charge in [-0.3, -0.25) is 0 Å². The molecule has 0 saturated heterocycles. The van der Waals surface area contributed by atoms with E-state index in [1.54, 1.807) is 11.8 Å². The third-order valence-corrected chi connectivity index (χ3v) is 5.80. The number of aromatic nitrogens is 5. The average molecular weight is 360 g/mol. The van der Waals surface area contributed by atoms with E-state index >= 15 is 0 Å². The van der Waals surface area contributed by atoms with Crippen LogP contribution in [0.2, 0.25) is 5.15 Å². The molecule has 0 N–H and O–H groups in total. The van der Waals surface area contributed by atoms with E-state index in [4.69, 9.17) is 11.6 Å². The normalized spacial score (nSPS) is 15.9. The highest BCUT2D eigenvalue weighted by Gasteiger charge is 2.20. The Kier molecular flexibility index (Phi) is 4.67. The quantitative estimate of drug-likeness (QED) is 0.500. The van der Waals surface area contributed by atoms with Gasteiger partial charge in [-0.25, -0.2) is 9.67 Å². The standard InChI is InChI=1S/C17H18ClN5S/c18-16-13(10-12-6-4-5-9-15(12)19-16)11-24-17-20-21-22-23(17)14-7-2-1-3-8-14/h4-6,9-10,14H,1-3,7-8,11H2. The van der Waals surface area contributed by atoms with Gasteiger partial charge in [-0.05, 0) is 35.4 Å². The lowest BCUT2D eigenvalue weighted by Crippen LogP contribution is -2.15. The molecule has 4 rings (SSSR count). The van der Waals surface area contributed by atoms with Gasteiger partial charge < -0.3 is 0 Å². The van der Waals surface area contributed by atoms with Crippen LogP contribution in [-0.2, 0) is 5.75 Å². The first-order valence-corrected chi connectivity index (χ1v) is 9.62. The molecule has 7 heteroatoms. The fourth-order valence-electron chi connectivity index (χ4n) is 3.21. The number of fused-ring (bicyclic) bond motifs is 1. The summed E-state index contributed by atoms with van der Waals surface area (Å²) in [5, 5.41) is 14.8. The minimum absolute atomic E-state index is 0.432. The second-order valence-electron chi connectivity index (χ2n) is 6.12. The van der Waals surface area contributed by atoms with E-state index in [9.17, 15) is 0 Å². The van der Waals surface area contributed by atoms with E-state index in [-0.39, 0.29) is 0 Å². The highest BCUT2D eigenvalue weighted by molar-refractivity contribution is 7.98. The Morgan fingerprint density at radius 2 is 2.00 bits per heavy atom. The van der Waals surface area contributed by atoms with Crippen LogP contribution in [0.3, 0.4) is 0 Å². The lowest BCUT2D eigenvalue weighted by molar-refractivity contribution is 0.307. The molecule has 0 spiro atoms. The third-order valence-electron chi connectivity index (χ3n) is 4.49. The maximum Gasteiger partial charge on any atom is 0.209 e. The SMILES string of the molecule is Clc1nc2ccccc2cc1CSc1nnnn1C1CCCCC1. The third kappa shape index (κ3) is 3.26. The molecule has 0 atom stereocenters. The van der Waals surface area contributed by atoms with Crippen LogP contribution in [0, 0.1) is 0 Å². The fourth-order valence-corrected chi connectivity index (χ4v) is 4.42. The molecule has 0 unspecified atom stereocenters. The van der Waals surface area contributed by atoms with Crippen molar-refractivity contribution in [2.75, 3.05) is 0 Å². The lowest BCUT2D eigenvalue weighted by atomic mass is 9.96. The number of thioether (sulfide) groups is 1. The van der Waals surface area contributed by atoms with Crippen molar-refractivity contribution in [2.45, 2.75) is 49.1 Å². The lowest BCUT2D eigenvalue weighted by Gasteiger charge is -2.22. The summed E-state index contributed by atoms with van der Waals surface area (Å²) in [6.07, 6.45) is 6.16. The molecule has 0 aliphatic heterocycles. The highest BCUT2D eigenvalue weighted by Crippen LogP contribution is 2.32. The number of para-hydroxylation sites is 1. The summed E-state index contributed by atoms with van der Waals surface area (Å²) in [5.41, 5.74) is 1.93. The van der Waals surface area contributed by atoms with E-state index in [0.717, 1.165) is 34.5 Å². The smallest absolute Gasteiger partial charge is 0.209 e. The molecule has 5 nitrogen and oxygen atoms in total. The Labute approximate surface area is 149 Å². The van der Waals surface area contributed by atoms with E-state index in [2.05, 4.69) is 32.6 Å². The zero-order chi connectivity index (χ0) is 16.4. The summed E-state index contributed by atoms with van der Waals surface area (Å²) in [4.78, 5) is 4.48. The van der Waals surface area contributed by atoms with E-state index in [1.165, 1.54) is 19.3 Å². The van der Waals surface area contributed by atoms with E-state index in [0.29, 0.717) is 16.9 Å². The van der Waals surface area contributed by atoms with Crippen molar-refractivity contribution in [3.05, 3.63) is 41.0 Å². The number of hydrogen-bond donors (Lipinski definition) is 0. The second kappa shape index (κ2) is 7.07. The molecular formula is C17H18ClN5S. The van der Waals surface area contributed by atoms with Gasteiger partial charge >= 0.3 is 0 Å². The maximum atomic E-state index is 6.35. The van der Waals surface area contributed by atoms with Crippen molar-refractivity contribution in [3.8, 4) is 0 Å². The van der Waals surface area contributed by atoms with Crippen LogP contribution >= 0.6 is 23.4 Å². The molecule has 0 radical (unpaired) electrons. The predicted molar refractivity (Wildman–Crippen MR) is 96.3 cm³/mol. The van der Waals surface area contributed by atoms with Crippen LogP contribution in [0.4, 0.5) is 0 Å². The Bertz CT molecular complexity index is 844. The molecule has 1 aromatic carbocycles. The average Bonchev–Trinajstić information content (AvgIpc) is 3.09. The van der Waals surface area contributed by atoms with Gasteiger partial charge in [0, 0.05) is 16.7 Å². The first kappa shape index (κ1) is 15.8. The monoisotopic (exact) mass is 359 g/mol. The van der Waals surface area contributed by atoms with Crippen molar-refractivity contribution >= 4 is 34.3 Å². The number of halogens is 1. The fraction of sp³-hybridized carbons (Fsp3) is 0.412. The van der Waals surface area contributed by atoms with Gasteiger partial charge in [0.25, 0.3) is 0 Å². The Balaban J connectivity index is 1.53. The molecule has 24 heavy (non-hydrogen) atoms. The number of tetrazole rings is 1. The molecule has 0 amide bonds. The first-order chi connectivity index (χ1) is 11.8. The van der Waals surface area contributed by atoms with Crippen LogP contribution < -0.4 is 0 Å². The van der Waals surface area contributed by atoms with Crippen LogP contribution in [0.5, 0.6) is 0 Å². The zero-order valence-corrected chi connectivity index (χ0v) is 14.8. The van der Waals surface area contributed by atoms with Crippen molar-refractivity contribution in [2.24, 2.45) is 0 Å². The van der Waals surface area contributed by atoms with Crippen molar-refractivity contribution < 1.29 is 0 Å². The van der Waals surface area contributed by atoms with Gasteiger partial charge in [0.15, 0.2) is 0 Å². The molecule has 2 aromatic heterocycles. The molecule has 3 aromatic rings. The number of nitrogens with zero attached hydrogens (tertiary/aromatic N) is 5. The molecule has 1 fully saturated rings. The topological polar surface area (TPSA) is 56.5 Å². The number of rotatable bonds is 4. The minimum atomic E-state index is 0.432. The Morgan fingerprint density at radius 1 is 1.17 bits per heavy atom. The van der Waals surface area contributed by atoms with Crippen LogP contribution in [-0.4, -0.2) is 25.2 Å². The summed E-state index contributed by atoms with van der Waals surface area (Å²) < 4.78 is 1.99. The van der Waals surface area contributed by atoms with Gasteiger partial charge in [0.2, 0.25) is 5.16 Å². The molecule has 1 saturated carbocycles. The molecule has 2 heterocycles. The molecule has 0 bridgehead atoms. The van der Waals surface area contributed by atoms with Gasteiger partial charge in [0.05, 0.1) is 11.6 Å². The summed E-state index contributed by atoms with van der Waals surface area (Å²) in [5.74, 6) is 0.712. The summed E-state index contributed by atoms with van der Waals surface area (Å²) in [6, 6.07) is 10.5. The van der Waals surface area contributed by atoms with Crippen LogP contribution in [0.15, 0.2) is 35.5 Å². The van der Waals surface area contributed by atoms with Gasteiger partial charge in [-0.15, -0.1) is 5.10 Å². The minimum Gasteiger partial charge on any atom is -0.236 e. The number of benzene rings is 1. The maximum absolute atomic E-state index is 6.35. The molecule has 1 aliphatic carbocycles. The molecule has 1 aliphatic rings.